The van der Waals surface area contributed by atoms with E-state index in [0.717, 1.165) is 20.9 Å². The number of para-hydroxylation sites is 1. The number of nitrogens with one attached hydrogen (secondary N) is 1. The maximum Gasteiger partial charge on any atom is 0.210 e. The monoisotopic (exact) mass is 411 g/mol. The molecule has 2 aromatic carbocycles. The highest BCUT2D eigenvalue weighted by atomic mass is 35.5. The summed E-state index contributed by atoms with van der Waals surface area (Å²) < 4.78 is 6.54. The first-order chi connectivity index (χ1) is 12.1. The molecule has 0 aliphatic heterocycles. The number of halogens is 2. The third-order valence-corrected chi connectivity index (χ3v) is 5.72. The van der Waals surface area contributed by atoms with Gasteiger partial charge in [-0.25, -0.2) is 0 Å². The fourth-order valence-electron chi connectivity index (χ4n) is 1.97. The number of aromatic nitrogens is 2. The molecule has 0 saturated carbocycles. The van der Waals surface area contributed by atoms with Gasteiger partial charge in [-0.15, -0.1) is 10.2 Å². The van der Waals surface area contributed by atoms with Crippen LogP contribution in [-0.4, -0.2) is 22.6 Å². The number of nitrogens with zero attached hydrogens (tertiary/aromatic N) is 2. The predicted octanol–water partition coefficient (Wildman–Crippen LogP) is 6.07. The second-order valence-corrected chi connectivity index (χ2v) is 8.25. The molecule has 1 heterocycles. The van der Waals surface area contributed by atoms with Crippen molar-refractivity contribution in [1.29, 1.82) is 0 Å². The molecule has 3 rings (SSSR count). The largest absolute Gasteiger partial charge is 0.490 e. The van der Waals surface area contributed by atoms with Crippen LogP contribution in [0.5, 0.6) is 5.75 Å². The minimum atomic E-state index is 0.481. The van der Waals surface area contributed by atoms with Crippen molar-refractivity contribution in [1.82, 2.24) is 10.2 Å². The van der Waals surface area contributed by atoms with Gasteiger partial charge in [-0.05, 0) is 31.2 Å². The molecule has 3 aromatic rings. The third kappa shape index (κ3) is 5.25. The molecule has 0 unspecified atom stereocenters. The molecular weight excluding hydrogens is 397 g/mol. The maximum absolute atomic E-state index is 6.07. The Bertz CT molecular complexity index is 820. The minimum Gasteiger partial charge on any atom is -0.490 e. The van der Waals surface area contributed by atoms with E-state index in [2.05, 4.69) is 34.6 Å². The topological polar surface area (TPSA) is 47.0 Å². The van der Waals surface area contributed by atoms with E-state index in [1.54, 1.807) is 30.0 Å². The molecule has 0 spiro atoms. The number of ether oxygens (including phenoxy) is 1. The van der Waals surface area contributed by atoms with Crippen molar-refractivity contribution >= 4 is 57.1 Å². The van der Waals surface area contributed by atoms with Gasteiger partial charge in [0.25, 0.3) is 0 Å². The van der Waals surface area contributed by atoms with Crippen LogP contribution in [-0.2, 0) is 0 Å². The van der Waals surface area contributed by atoms with Crippen LogP contribution in [0.3, 0.4) is 0 Å². The van der Waals surface area contributed by atoms with E-state index in [0.29, 0.717) is 22.4 Å². The first kappa shape index (κ1) is 18.3. The highest BCUT2D eigenvalue weighted by Gasteiger charge is 2.08. The molecule has 0 radical (unpaired) electrons. The zero-order valence-electron chi connectivity index (χ0n) is 13.3. The Morgan fingerprint density at radius 3 is 2.52 bits per heavy atom. The van der Waals surface area contributed by atoms with Crippen LogP contribution in [0.4, 0.5) is 10.8 Å². The van der Waals surface area contributed by atoms with Gasteiger partial charge in [0.2, 0.25) is 5.13 Å². The lowest BCUT2D eigenvalue weighted by atomic mass is 10.2. The lowest BCUT2D eigenvalue weighted by Crippen LogP contribution is -2.01. The molecular formula is C17H15Cl2N3OS2. The second-order valence-electron chi connectivity index (χ2n) is 5.11. The van der Waals surface area contributed by atoms with Crippen molar-refractivity contribution in [2.75, 3.05) is 17.7 Å². The SMILES string of the molecule is Cc1ccc(Nc2nnc(SCCOc3c(Cl)cccc3Cl)s2)cc1. The zero-order chi connectivity index (χ0) is 17.6. The summed E-state index contributed by atoms with van der Waals surface area (Å²) in [6, 6.07) is 13.4. The van der Waals surface area contributed by atoms with Crippen molar-refractivity contribution < 1.29 is 4.74 Å². The Morgan fingerprint density at radius 1 is 1.08 bits per heavy atom. The van der Waals surface area contributed by atoms with Gasteiger partial charge in [-0.2, -0.15) is 0 Å². The Labute approximate surface area is 164 Å². The Kier molecular flexibility index (Phi) is 6.42. The van der Waals surface area contributed by atoms with Gasteiger partial charge in [0, 0.05) is 11.4 Å². The molecule has 1 N–H and O–H groups in total. The van der Waals surface area contributed by atoms with E-state index in [-0.39, 0.29) is 0 Å². The fraction of sp³-hybridized carbons (Fsp3) is 0.176. The number of hydrogen-bond acceptors (Lipinski definition) is 6. The van der Waals surface area contributed by atoms with Crippen molar-refractivity contribution in [2.24, 2.45) is 0 Å². The minimum absolute atomic E-state index is 0.481. The van der Waals surface area contributed by atoms with Crippen molar-refractivity contribution in [2.45, 2.75) is 11.3 Å². The summed E-state index contributed by atoms with van der Waals surface area (Å²) in [5.41, 5.74) is 2.22. The fourth-order valence-corrected chi connectivity index (χ4v) is 4.14. The smallest absolute Gasteiger partial charge is 0.210 e. The number of rotatable bonds is 7. The standard InChI is InChI=1S/C17H15Cl2N3OS2/c1-11-5-7-12(8-6-11)20-16-21-22-17(25-16)24-10-9-23-15-13(18)3-2-4-14(15)19/h2-8H,9-10H2,1H3,(H,20,21). The molecule has 4 nitrogen and oxygen atoms in total. The number of thioether (sulfide) groups is 1. The van der Waals surface area contributed by atoms with Gasteiger partial charge in [-0.3, -0.25) is 0 Å². The summed E-state index contributed by atoms with van der Waals surface area (Å²) in [6.07, 6.45) is 0. The summed E-state index contributed by atoms with van der Waals surface area (Å²) in [7, 11) is 0. The third-order valence-electron chi connectivity index (χ3n) is 3.18. The van der Waals surface area contributed by atoms with Gasteiger partial charge >= 0.3 is 0 Å². The normalized spacial score (nSPS) is 10.7. The van der Waals surface area contributed by atoms with E-state index in [1.807, 2.05) is 12.1 Å². The predicted molar refractivity (Wildman–Crippen MR) is 107 cm³/mol. The van der Waals surface area contributed by atoms with Gasteiger partial charge in [0.15, 0.2) is 10.1 Å². The summed E-state index contributed by atoms with van der Waals surface area (Å²) in [4.78, 5) is 0. The molecule has 0 bridgehead atoms. The van der Waals surface area contributed by atoms with Crippen molar-refractivity contribution in [3.05, 3.63) is 58.1 Å². The van der Waals surface area contributed by atoms with Gasteiger partial charge < -0.3 is 10.1 Å². The molecule has 0 fully saturated rings. The molecule has 0 aliphatic rings. The van der Waals surface area contributed by atoms with E-state index in [9.17, 15) is 0 Å². The quantitative estimate of drug-likeness (QED) is 0.377. The average molecular weight is 412 g/mol. The van der Waals surface area contributed by atoms with Crippen LogP contribution in [0.15, 0.2) is 46.8 Å². The Morgan fingerprint density at radius 2 is 1.80 bits per heavy atom. The summed E-state index contributed by atoms with van der Waals surface area (Å²) in [5.74, 6) is 1.24. The van der Waals surface area contributed by atoms with Gasteiger partial charge in [-0.1, -0.05) is 70.1 Å². The molecule has 8 heteroatoms. The molecule has 0 saturated heterocycles. The number of hydrogen-bond donors (Lipinski definition) is 1. The molecule has 25 heavy (non-hydrogen) atoms. The first-order valence-electron chi connectivity index (χ1n) is 7.48. The van der Waals surface area contributed by atoms with E-state index in [4.69, 9.17) is 27.9 Å². The van der Waals surface area contributed by atoms with Crippen LogP contribution in [0.2, 0.25) is 10.0 Å². The molecule has 0 atom stereocenters. The van der Waals surface area contributed by atoms with E-state index < -0.39 is 0 Å². The lowest BCUT2D eigenvalue weighted by molar-refractivity contribution is 0.344. The van der Waals surface area contributed by atoms with Gasteiger partial charge in [0.05, 0.1) is 16.7 Å². The summed E-state index contributed by atoms with van der Waals surface area (Å²) >= 11 is 15.2. The lowest BCUT2D eigenvalue weighted by Gasteiger charge is -2.08. The Balaban J connectivity index is 1.48. The maximum atomic E-state index is 6.07. The summed E-state index contributed by atoms with van der Waals surface area (Å²) in [5, 5.41) is 13.4. The van der Waals surface area contributed by atoms with Crippen molar-refractivity contribution in [3.8, 4) is 5.75 Å². The highest BCUT2D eigenvalue weighted by molar-refractivity contribution is 8.01. The average Bonchev–Trinajstić information content (AvgIpc) is 3.03. The van der Waals surface area contributed by atoms with Crippen LogP contribution >= 0.6 is 46.3 Å². The van der Waals surface area contributed by atoms with Gasteiger partial charge in [0.1, 0.15) is 0 Å². The van der Waals surface area contributed by atoms with Crippen molar-refractivity contribution in [3.63, 3.8) is 0 Å². The van der Waals surface area contributed by atoms with E-state index >= 15 is 0 Å². The molecule has 130 valence electrons. The zero-order valence-corrected chi connectivity index (χ0v) is 16.5. The first-order valence-corrected chi connectivity index (χ1v) is 10.0. The number of anilines is 2. The summed E-state index contributed by atoms with van der Waals surface area (Å²) in [6.45, 7) is 2.54. The Hall–Kier alpha value is -1.47. The highest BCUT2D eigenvalue weighted by Crippen LogP contribution is 2.33. The van der Waals surface area contributed by atoms with Crippen LogP contribution in [0.1, 0.15) is 5.56 Å². The molecule has 0 aliphatic carbocycles. The molecule has 0 amide bonds. The van der Waals surface area contributed by atoms with Crippen LogP contribution in [0, 0.1) is 6.92 Å². The van der Waals surface area contributed by atoms with E-state index in [1.165, 1.54) is 16.9 Å². The molecule has 1 aromatic heterocycles. The van der Waals surface area contributed by atoms with Crippen LogP contribution < -0.4 is 10.1 Å². The van der Waals surface area contributed by atoms with Crippen LogP contribution in [0.25, 0.3) is 0 Å². The number of aryl methyl sites for hydroxylation is 1. The number of benzene rings is 2. The second kappa shape index (κ2) is 8.76.